The SMILES string of the molecule is COc1ccc(C)cc1CC(O)c1ccc2c(c1)OCO2. The van der Waals surface area contributed by atoms with Crippen LogP contribution in [0.15, 0.2) is 36.4 Å². The van der Waals surface area contributed by atoms with Crippen LogP contribution in [0.1, 0.15) is 22.8 Å². The molecule has 0 radical (unpaired) electrons. The van der Waals surface area contributed by atoms with Crippen molar-refractivity contribution < 1.29 is 19.3 Å². The average molecular weight is 286 g/mol. The monoisotopic (exact) mass is 286 g/mol. The highest BCUT2D eigenvalue weighted by molar-refractivity contribution is 5.46. The zero-order valence-corrected chi connectivity index (χ0v) is 12.1. The van der Waals surface area contributed by atoms with Crippen LogP contribution in [0.2, 0.25) is 0 Å². The first kappa shape index (κ1) is 13.8. The van der Waals surface area contributed by atoms with Crippen LogP contribution < -0.4 is 14.2 Å². The van der Waals surface area contributed by atoms with E-state index in [1.807, 2.05) is 43.3 Å². The van der Waals surface area contributed by atoms with Crippen molar-refractivity contribution in [2.24, 2.45) is 0 Å². The van der Waals surface area contributed by atoms with Gasteiger partial charge in [-0.05, 0) is 36.2 Å². The topological polar surface area (TPSA) is 47.9 Å². The van der Waals surface area contributed by atoms with Gasteiger partial charge in [-0.1, -0.05) is 23.8 Å². The van der Waals surface area contributed by atoms with E-state index >= 15 is 0 Å². The van der Waals surface area contributed by atoms with Crippen molar-refractivity contribution in [3.8, 4) is 17.2 Å². The van der Waals surface area contributed by atoms with Crippen molar-refractivity contribution in [1.29, 1.82) is 0 Å². The van der Waals surface area contributed by atoms with Gasteiger partial charge in [-0.2, -0.15) is 0 Å². The smallest absolute Gasteiger partial charge is 0.231 e. The molecule has 0 saturated heterocycles. The molecule has 21 heavy (non-hydrogen) atoms. The molecular weight excluding hydrogens is 268 g/mol. The van der Waals surface area contributed by atoms with Crippen LogP contribution in [0.4, 0.5) is 0 Å². The predicted octanol–water partition coefficient (Wildman–Crippen LogP) is 3.01. The van der Waals surface area contributed by atoms with E-state index in [1.165, 1.54) is 0 Å². The Hall–Kier alpha value is -2.20. The summed E-state index contributed by atoms with van der Waals surface area (Å²) in [7, 11) is 1.64. The maximum atomic E-state index is 10.5. The summed E-state index contributed by atoms with van der Waals surface area (Å²) >= 11 is 0. The third-order valence-electron chi connectivity index (χ3n) is 3.63. The first-order chi connectivity index (χ1) is 10.2. The lowest BCUT2D eigenvalue weighted by molar-refractivity contribution is 0.171. The maximum absolute atomic E-state index is 10.5. The van der Waals surface area contributed by atoms with Crippen LogP contribution in [-0.4, -0.2) is 19.0 Å². The molecule has 3 rings (SSSR count). The van der Waals surface area contributed by atoms with Crippen LogP contribution in [0.5, 0.6) is 17.2 Å². The second-order valence-corrected chi connectivity index (χ2v) is 5.15. The Morgan fingerprint density at radius 3 is 2.76 bits per heavy atom. The molecule has 0 bridgehead atoms. The summed E-state index contributed by atoms with van der Waals surface area (Å²) in [6.07, 6.45) is -0.125. The molecule has 4 nitrogen and oxygen atoms in total. The highest BCUT2D eigenvalue weighted by atomic mass is 16.7. The van der Waals surface area contributed by atoms with E-state index in [1.54, 1.807) is 7.11 Å². The average Bonchev–Trinajstić information content (AvgIpc) is 2.94. The van der Waals surface area contributed by atoms with Crippen LogP contribution in [-0.2, 0) is 6.42 Å². The third kappa shape index (κ3) is 2.81. The van der Waals surface area contributed by atoms with Crippen LogP contribution >= 0.6 is 0 Å². The van der Waals surface area contributed by atoms with Crippen molar-refractivity contribution in [1.82, 2.24) is 0 Å². The molecule has 2 aromatic carbocycles. The number of fused-ring (bicyclic) bond motifs is 1. The van der Waals surface area contributed by atoms with E-state index in [4.69, 9.17) is 14.2 Å². The first-order valence-electron chi connectivity index (χ1n) is 6.88. The molecule has 0 saturated carbocycles. The fourth-order valence-corrected chi connectivity index (χ4v) is 2.51. The van der Waals surface area contributed by atoms with Gasteiger partial charge < -0.3 is 19.3 Å². The van der Waals surface area contributed by atoms with E-state index in [-0.39, 0.29) is 6.79 Å². The van der Waals surface area contributed by atoms with Gasteiger partial charge in [0.05, 0.1) is 13.2 Å². The summed E-state index contributed by atoms with van der Waals surface area (Å²) in [6.45, 7) is 2.26. The van der Waals surface area contributed by atoms with E-state index in [0.717, 1.165) is 28.2 Å². The van der Waals surface area contributed by atoms with E-state index in [9.17, 15) is 5.11 Å². The summed E-state index contributed by atoms with van der Waals surface area (Å²) in [5.74, 6) is 2.20. The maximum Gasteiger partial charge on any atom is 0.231 e. The molecule has 4 heteroatoms. The molecule has 1 unspecified atom stereocenters. The van der Waals surface area contributed by atoms with Crippen molar-refractivity contribution >= 4 is 0 Å². The Balaban J connectivity index is 1.83. The molecule has 0 fully saturated rings. The minimum absolute atomic E-state index is 0.237. The molecule has 2 aromatic rings. The summed E-state index contributed by atoms with van der Waals surface area (Å²) in [5.41, 5.74) is 2.94. The number of aryl methyl sites for hydroxylation is 1. The molecule has 1 aliphatic rings. The molecule has 0 amide bonds. The third-order valence-corrected chi connectivity index (χ3v) is 3.63. The van der Waals surface area contributed by atoms with Crippen LogP contribution in [0.25, 0.3) is 0 Å². The van der Waals surface area contributed by atoms with Gasteiger partial charge in [0.25, 0.3) is 0 Å². The number of benzene rings is 2. The normalized spacial score (nSPS) is 14.0. The molecule has 1 heterocycles. The molecule has 0 spiro atoms. The molecule has 0 aromatic heterocycles. The molecule has 1 N–H and O–H groups in total. The summed E-state index contributed by atoms with van der Waals surface area (Å²) < 4.78 is 16.0. The Kier molecular flexibility index (Phi) is 3.71. The zero-order valence-electron chi connectivity index (χ0n) is 12.1. The lowest BCUT2D eigenvalue weighted by Gasteiger charge is -2.15. The number of ether oxygens (including phenoxy) is 3. The van der Waals surface area contributed by atoms with Crippen molar-refractivity contribution in [3.05, 3.63) is 53.1 Å². The summed E-state index contributed by atoms with van der Waals surface area (Å²) in [5, 5.41) is 10.5. The van der Waals surface area contributed by atoms with Gasteiger partial charge in [0.2, 0.25) is 6.79 Å². The van der Waals surface area contributed by atoms with Crippen LogP contribution in [0.3, 0.4) is 0 Å². The van der Waals surface area contributed by atoms with Gasteiger partial charge >= 0.3 is 0 Å². The number of hydrogen-bond acceptors (Lipinski definition) is 4. The van der Waals surface area contributed by atoms with E-state index < -0.39 is 6.10 Å². The molecular formula is C17H18O4. The number of aliphatic hydroxyl groups excluding tert-OH is 1. The number of hydrogen-bond donors (Lipinski definition) is 1. The Morgan fingerprint density at radius 2 is 1.95 bits per heavy atom. The second kappa shape index (κ2) is 5.66. The van der Waals surface area contributed by atoms with Gasteiger partial charge in [0.1, 0.15) is 5.75 Å². The van der Waals surface area contributed by atoms with Crippen molar-refractivity contribution in [3.63, 3.8) is 0 Å². The number of aliphatic hydroxyl groups is 1. The second-order valence-electron chi connectivity index (χ2n) is 5.15. The molecule has 0 aliphatic carbocycles. The zero-order chi connectivity index (χ0) is 14.8. The standard InChI is InChI=1S/C17H18O4/c1-11-3-5-15(19-2)13(7-11)8-14(18)12-4-6-16-17(9-12)21-10-20-16/h3-7,9,14,18H,8,10H2,1-2H3. The highest BCUT2D eigenvalue weighted by Gasteiger charge is 2.18. The predicted molar refractivity (Wildman–Crippen MR) is 79.0 cm³/mol. The highest BCUT2D eigenvalue weighted by Crippen LogP contribution is 2.35. The Morgan fingerprint density at radius 1 is 1.14 bits per heavy atom. The largest absolute Gasteiger partial charge is 0.496 e. The molecule has 1 atom stereocenters. The van der Waals surface area contributed by atoms with E-state index in [0.29, 0.717) is 12.2 Å². The quantitative estimate of drug-likeness (QED) is 0.938. The van der Waals surface area contributed by atoms with Crippen molar-refractivity contribution in [2.45, 2.75) is 19.4 Å². The minimum atomic E-state index is -0.616. The Labute approximate surface area is 123 Å². The van der Waals surface area contributed by atoms with E-state index in [2.05, 4.69) is 0 Å². The van der Waals surface area contributed by atoms with Gasteiger partial charge in [-0.25, -0.2) is 0 Å². The molecule has 1 aliphatic heterocycles. The fraction of sp³-hybridized carbons (Fsp3) is 0.294. The summed E-state index contributed by atoms with van der Waals surface area (Å²) in [4.78, 5) is 0. The van der Waals surface area contributed by atoms with Gasteiger partial charge in [0, 0.05) is 6.42 Å². The fourth-order valence-electron chi connectivity index (χ4n) is 2.51. The lowest BCUT2D eigenvalue weighted by atomic mass is 9.99. The minimum Gasteiger partial charge on any atom is -0.496 e. The summed E-state index contributed by atoms with van der Waals surface area (Å²) in [6, 6.07) is 11.5. The first-order valence-corrected chi connectivity index (χ1v) is 6.88. The van der Waals surface area contributed by atoms with Crippen LogP contribution in [0, 0.1) is 6.92 Å². The lowest BCUT2D eigenvalue weighted by Crippen LogP contribution is -2.04. The van der Waals surface area contributed by atoms with Gasteiger partial charge in [-0.3, -0.25) is 0 Å². The Bertz CT molecular complexity index is 651. The van der Waals surface area contributed by atoms with Gasteiger partial charge in [0.15, 0.2) is 11.5 Å². The number of rotatable bonds is 4. The molecule has 110 valence electrons. The number of methoxy groups -OCH3 is 1. The van der Waals surface area contributed by atoms with Gasteiger partial charge in [-0.15, -0.1) is 0 Å². The van der Waals surface area contributed by atoms with Crippen molar-refractivity contribution in [2.75, 3.05) is 13.9 Å².